The second-order valence-corrected chi connectivity index (χ2v) is 4.48. The van der Waals surface area contributed by atoms with Crippen LogP contribution in [-0.2, 0) is 13.5 Å². The van der Waals surface area contributed by atoms with Crippen LogP contribution in [0, 0.1) is 6.92 Å². The number of rotatable bonds is 5. The zero-order chi connectivity index (χ0) is 14.5. The van der Waals surface area contributed by atoms with E-state index in [4.69, 9.17) is 4.74 Å². The molecule has 0 aliphatic carbocycles. The maximum atomic E-state index is 12.1. The molecule has 6 heteroatoms. The summed E-state index contributed by atoms with van der Waals surface area (Å²) in [5.41, 5.74) is 2.36. The van der Waals surface area contributed by atoms with E-state index in [0.717, 1.165) is 17.8 Å². The molecule has 0 unspecified atom stereocenters. The molecule has 2 aromatic heterocycles. The molecule has 0 saturated heterocycles. The van der Waals surface area contributed by atoms with Crippen LogP contribution in [-0.4, -0.2) is 34.3 Å². The predicted molar refractivity (Wildman–Crippen MR) is 74.8 cm³/mol. The topological polar surface area (TPSA) is 69.0 Å². The highest BCUT2D eigenvalue weighted by molar-refractivity contribution is 5.96. The summed E-state index contributed by atoms with van der Waals surface area (Å²) >= 11 is 0. The summed E-state index contributed by atoms with van der Waals surface area (Å²) in [5.74, 6) is 0.322. The minimum absolute atomic E-state index is 0.158. The van der Waals surface area contributed by atoms with Gasteiger partial charge in [0, 0.05) is 37.6 Å². The first-order chi connectivity index (χ1) is 9.61. The van der Waals surface area contributed by atoms with Crippen molar-refractivity contribution in [3.8, 4) is 5.75 Å². The summed E-state index contributed by atoms with van der Waals surface area (Å²) in [6, 6.07) is 3.65. The molecule has 1 amide bonds. The summed E-state index contributed by atoms with van der Waals surface area (Å²) < 4.78 is 6.95. The number of carbonyl (C=O) groups excluding carboxylic acids is 1. The molecule has 0 aliphatic rings. The van der Waals surface area contributed by atoms with Gasteiger partial charge in [-0.15, -0.1) is 0 Å². The largest absolute Gasteiger partial charge is 0.494 e. The van der Waals surface area contributed by atoms with Crippen LogP contribution >= 0.6 is 0 Å². The molecular formula is C14H18N4O2. The number of carbonyl (C=O) groups is 1. The Labute approximate surface area is 117 Å². The molecule has 106 valence electrons. The molecule has 6 nitrogen and oxygen atoms in total. The number of hydrogen-bond donors (Lipinski definition) is 1. The minimum atomic E-state index is -0.158. The third-order valence-electron chi connectivity index (χ3n) is 3.06. The van der Waals surface area contributed by atoms with Crippen LogP contribution in [0.3, 0.4) is 0 Å². The van der Waals surface area contributed by atoms with Crippen LogP contribution < -0.4 is 10.1 Å². The van der Waals surface area contributed by atoms with Gasteiger partial charge in [0.15, 0.2) is 0 Å². The average Bonchev–Trinajstić information content (AvgIpc) is 2.84. The number of nitrogens with one attached hydrogen (secondary N) is 1. The second kappa shape index (κ2) is 6.18. The molecule has 2 aromatic rings. The number of methoxy groups -OCH3 is 1. The Bertz CT molecular complexity index is 607. The molecule has 1 N–H and O–H groups in total. The Kier molecular flexibility index (Phi) is 4.34. The highest BCUT2D eigenvalue weighted by Gasteiger charge is 2.12. The average molecular weight is 274 g/mol. The Morgan fingerprint density at radius 2 is 2.30 bits per heavy atom. The highest BCUT2D eigenvalue weighted by atomic mass is 16.5. The van der Waals surface area contributed by atoms with Crippen molar-refractivity contribution in [1.29, 1.82) is 0 Å². The van der Waals surface area contributed by atoms with Gasteiger partial charge in [-0.1, -0.05) is 0 Å². The number of ether oxygens (including phenoxy) is 1. The Hall–Kier alpha value is -2.37. The molecule has 2 heterocycles. The van der Waals surface area contributed by atoms with Crippen molar-refractivity contribution in [2.45, 2.75) is 13.3 Å². The number of aryl methyl sites for hydroxylation is 2. The van der Waals surface area contributed by atoms with Gasteiger partial charge >= 0.3 is 0 Å². The van der Waals surface area contributed by atoms with Gasteiger partial charge in [0.25, 0.3) is 5.91 Å². The van der Waals surface area contributed by atoms with Crippen LogP contribution in [0.1, 0.15) is 21.7 Å². The van der Waals surface area contributed by atoms with Gasteiger partial charge in [0.05, 0.1) is 18.9 Å². The monoisotopic (exact) mass is 274 g/mol. The number of amides is 1. The fraction of sp³-hybridized carbons (Fsp3) is 0.357. The summed E-state index contributed by atoms with van der Waals surface area (Å²) in [6.45, 7) is 2.38. The molecule has 0 radical (unpaired) electrons. The fourth-order valence-corrected chi connectivity index (χ4v) is 1.93. The van der Waals surface area contributed by atoms with Gasteiger partial charge < -0.3 is 10.1 Å². The van der Waals surface area contributed by atoms with Crippen molar-refractivity contribution >= 4 is 5.91 Å². The second-order valence-electron chi connectivity index (χ2n) is 4.48. The lowest BCUT2D eigenvalue weighted by Gasteiger charge is -2.09. The van der Waals surface area contributed by atoms with Gasteiger partial charge in [-0.3, -0.25) is 14.5 Å². The van der Waals surface area contributed by atoms with Gasteiger partial charge in [0.2, 0.25) is 0 Å². The smallest absolute Gasteiger partial charge is 0.255 e. The van der Waals surface area contributed by atoms with Crippen LogP contribution in [0.2, 0.25) is 0 Å². The van der Waals surface area contributed by atoms with E-state index in [1.807, 2.05) is 20.0 Å². The van der Waals surface area contributed by atoms with E-state index < -0.39 is 0 Å². The van der Waals surface area contributed by atoms with Gasteiger partial charge in [-0.2, -0.15) is 5.10 Å². The third-order valence-corrected chi connectivity index (χ3v) is 3.06. The Balaban J connectivity index is 1.98. The van der Waals surface area contributed by atoms with Crippen LogP contribution in [0.5, 0.6) is 5.75 Å². The van der Waals surface area contributed by atoms with Crippen molar-refractivity contribution < 1.29 is 9.53 Å². The molecule has 0 aromatic carbocycles. The number of nitrogens with zero attached hydrogens (tertiary/aromatic N) is 3. The first-order valence-electron chi connectivity index (χ1n) is 6.37. The number of aromatic nitrogens is 3. The fourth-order valence-electron chi connectivity index (χ4n) is 1.93. The lowest BCUT2D eigenvalue weighted by atomic mass is 10.2. The van der Waals surface area contributed by atoms with Crippen molar-refractivity contribution in [1.82, 2.24) is 20.1 Å². The van der Waals surface area contributed by atoms with E-state index in [2.05, 4.69) is 15.4 Å². The van der Waals surface area contributed by atoms with Crippen LogP contribution in [0.15, 0.2) is 24.5 Å². The highest BCUT2D eigenvalue weighted by Crippen LogP contribution is 2.17. The lowest BCUT2D eigenvalue weighted by molar-refractivity contribution is 0.0950. The SMILES string of the molecule is COc1cnc(C)cc1C(=O)NCCc1ccnn1C. The first-order valence-corrected chi connectivity index (χ1v) is 6.37. The van der Waals surface area contributed by atoms with E-state index >= 15 is 0 Å². The molecule has 2 rings (SSSR count). The van der Waals surface area contributed by atoms with Crippen molar-refractivity contribution in [2.75, 3.05) is 13.7 Å². The van der Waals surface area contributed by atoms with Crippen molar-refractivity contribution in [3.63, 3.8) is 0 Å². The molecule has 0 bridgehead atoms. The molecule has 0 fully saturated rings. The van der Waals surface area contributed by atoms with Gasteiger partial charge in [0.1, 0.15) is 5.75 Å². The maximum Gasteiger partial charge on any atom is 0.255 e. The molecule has 0 saturated carbocycles. The third kappa shape index (κ3) is 3.14. The van der Waals surface area contributed by atoms with Gasteiger partial charge in [-0.05, 0) is 19.1 Å². The summed E-state index contributed by atoms with van der Waals surface area (Å²) in [7, 11) is 3.41. The molecule has 0 atom stereocenters. The van der Waals surface area contributed by atoms with E-state index in [9.17, 15) is 4.79 Å². The predicted octanol–water partition coefficient (Wildman–Crippen LogP) is 1.10. The Morgan fingerprint density at radius 1 is 1.50 bits per heavy atom. The zero-order valence-corrected chi connectivity index (χ0v) is 11.9. The van der Waals surface area contributed by atoms with Gasteiger partial charge in [-0.25, -0.2) is 0 Å². The summed E-state index contributed by atoms with van der Waals surface area (Å²) in [5, 5.41) is 6.97. The normalized spacial score (nSPS) is 10.3. The van der Waals surface area contributed by atoms with E-state index in [-0.39, 0.29) is 5.91 Å². The molecule has 20 heavy (non-hydrogen) atoms. The number of pyridine rings is 1. The quantitative estimate of drug-likeness (QED) is 0.886. The standard InChI is InChI=1S/C14H18N4O2/c1-10-8-12(13(20-3)9-16-10)14(19)15-6-4-11-5-7-17-18(11)2/h5,7-9H,4,6H2,1-3H3,(H,15,19). The lowest BCUT2D eigenvalue weighted by Crippen LogP contribution is -2.26. The van der Waals surface area contributed by atoms with E-state index in [0.29, 0.717) is 17.9 Å². The first kappa shape index (κ1) is 14.0. The summed E-state index contributed by atoms with van der Waals surface area (Å²) in [6.07, 6.45) is 4.03. The maximum absolute atomic E-state index is 12.1. The zero-order valence-electron chi connectivity index (χ0n) is 11.9. The van der Waals surface area contributed by atoms with Crippen molar-refractivity contribution in [2.24, 2.45) is 7.05 Å². The van der Waals surface area contributed by atoms with E-state index in [1.54, 1.807) is 23.1 Å². The Morgan fingerprint density at radius 3 is 2.95 bits per heavy atom. The minimum Gasteiger partial charge on any atom is -0.494 e. The molecule has 0 spiro atoms. The summed E-state index contributed by atoms with van der Waals surface area (Å²) in [4.78, 5) is 16.3. The van der Waals surface area contributed by atoms with Crippen LogP contribution in [0.25, 0.3) is 0 Å². The van der Waals surface area contributed by atoms with Crippen molar-refractivity contribution in [3.05, 3.63) is 41.5 Å². The molecular weight excluding hydrogens is 256 g/mol. The van der Waals surface area contributed by atoms with E-state index in [1.165, 1.54) is 7.11 Å². The number of hydrogen-bond acceptors (Lipinski definition) is 4. The van der Waals surface area contributed by atoms with Crippen LogP contribution in [0.4, 0.5) is 0 Å². The molecule has 0 aliphatic heterocycles.